The van der Waals surface area contributed by atoms with Gasteiger partial charge in [-0.25, -0.2) is 0 Å². The molecule has 6 heteroatoms. The van der Waals surface area contributed by atoms with Crippen LogP contribution in [0.3, 0.4) is 0 Å². The van der Waals surface area contributed by atoms with Gasteiger partial charge in [0.2, 0.25) is 0 Å². The number of fused-ring (bicyclic) bond motifs is 1. The van der Waals surface area contributed by atoms with Crippen LogP contribution in [0.5, 0.6) is 0 Å². The second kappa shape index (κ2) is 2.88. The minimum absolute atomic E-state index is 0.556. The molecule has 0 saturated carbocycles. The molecule has 0 N–H and O–H groups in total. The van der Waals surface area contributed by atoms with Crippen LogP contribution in [-0.4, -0.2) is 29.8 Å². The van der Waals surface area contributed by atoms with Crippen LogP contribution in [0.1, 0.15) is 0 Å². The molecule has 0 fully saturated rings. The number of rotatable bonds is 1. The number of pyridine rings is 1. The van der Waals surface area contributed by atoms with Gasteiger partial charge in [0.25, 0.3) is 5.95 Å². The lowest BCUT2D eigenvalue weighted by atomic mass is 10.3. The minimum Gasteiger partial charge on any atom is -0.281 e. The molecule has 0 aliphatic rings. The standard InChI is InChI=1S/C9H8N6/c1-14-12-9(11-13-14)15-5-3-7-2-4-10-6-8(7)15/h2-6H,1H3. The third kappa shape index (κ3) is 1.18. The summed E-state index contributed by atoms with van der Waals surface area (Å²) in [7, 11) is 1.74. The highest BCUT2D eigenvalue weighted by Gasteiger charge is 2.06. The molecule has 0 aromatic carbocycles. The van der Waals surface area contributed by atoms with E-state index in [4.69, 9.17) is 0 Å². The lowest BCUT2D eigenvalue weighted by molar-refractivity contribution is 0.629. The van der Waals surface area contributed by atoms with Gasteiger partial charge in [-0.15, -0.1) is 5.10 Å². The van der Waals surface area contributed by atoms with E-state index in [2.05, 4.69) is 20.4 Å². The first-order valence-corrected chi connectivity index (χ1v) is 4.50. The Hall–Kier alpha value is -2.24. The average Bonchev–Trinajstić information content (AvgIpc) is 2.83. The van der Waals surface area contributed by atoms with Crippen molar-refractivity contribution in [3.8, 4) is 5.95 Å². The number of aryl methyl sites for hydroxylation is 1. The molecule has 0 atom stereocenters. The third-order valence-electron chi connectivity index (χ3n) is 2.21. The molecule has 0 radical (unpaired) electrons. The van der Waals surface area contributed by atoms with E-state index in [0.717, 1.165) is 10.9 Å². The molecule has 0 unspecified atom stereocenters. The largest absolute Gasteiger partial charge is 0.281 e. The molecule has 3 aromatic heterocycles. The lowest BCUT2D eigenvalue weighted by Gasteiger charge is -1.96. The van der Waals surface area contributed by atoms with Crippen LogP contribution < -0.4 is 0 Å². The van der Waals surface area contributed by atoms with Crippen LogP contribution >= 0.6 is 0 Å². The predicted octanol–water partition coefficient (Wildman–Crippen LogP) is 0.549. The van der Waals surface area contributed by atoms with Crippen LogP contribution in [0.4, 0.5) is 0 Å². The van der Waals surface area contributed by atoms with Crippen molar-refractivity contribution >= 4 is 10.9 Å². The van der Waals surface area contributed by atoms with Crippen LogP contribution in [0.15, 0.2) is 30.7 Å². The summed E-state index contributed by atoms with van der Waals surface area (Å²) in [5.74, 6) is 0.556. The summed E-state index contributed by atoms with van der Waals surface area (Å²) in [5.41, 5.74) is 0.977. The summed E-state index contributed by atoms with van der Waals surface area (Å²) in [6, 6.07) is 3.94. The number of hydrogen-bond donors (Lipinski definition) is 0. The highest BCUT2D eigenvalue weighted by Crippen LogP contribution is 2.15. The van der Waals surface area contributed by atoms with E-state index in [9.17, 15) is 0 Å². The van der Waals surface area contributed by atoms with E-state index < -0.39 is 0 Å². The number of hydrogen-bond acceptors (Lipinski definition) is 4. The summed E-state index contributed by atoms with van der Waals surface area (Å²) in [4.78, 5) is 5.50. The fourth-order valence-electron chi connectivity index (χ4n) is 1.52. The summed E-state index contributed by atoms with van der Waals surface area (Å²) in [5, 5.41) is 13.0. The van der Waals surface area contributed by atoms with E-state index in [-0.39, 0.29) is 0 Å². The molecule has 0 amide bonds. The number of tetrazole rings is 1. The van der Waals surface area contributed by atoms with Crippen molar-refractivity contribution in [3.05, 3.63) is 30.7 Å². The maximum atomic E-state index is 4.13. The first-order valence-electron chi connectivity index (χ1n) is 4.50. The number of nitrogens with zero attached hydrogens (tertiary/aromatic N) is 6. The predicted molar refractivity (Wildman–Crippen MR) is 53.4 cm³/mol. The van der Waals surface area contributed by atoms with Gasteiger partial charge in [-0.2, -0.15) is 4.80 Å². The van der Waals surface area contributed by atoms with Gasteiger partial charge in [0.1, 0.15) is 0 Å². The van der Waals surface area contributed by atoms with Crippen molar-refractivity contribution < 1.29 is 0 Å². The van der Waals surface area contributed by atoms with Crippen LogP contribution in [-0.2, 0) is 7.05 Å². The summed E-state index contributed by atoms with van der Waals surface area (Å²) < 4.78 is 1.86. The lowest BCUT2D eigenvalue weighted by Crippen LogP contribution is -1.96. The van der Waals surface area contributed by atoms with Gasteiger partial charge in [-0.05, 0) is 17.3 Å². The zero-order valence-electron chi connectivity index (χ0n) is 8.07. The molecular weight excluding hydrogens is 192 g/mol. The summed E-state index contributed by atoms with van der Waals surface area (Å²) in [6.45, 7) is 0. The molecule has 0 aliphatic heterocycles. The molecule has 0 bridgehead atoms. The quantitative estimate of drug-likeness (QED) is 0.575. The van der Waals surface area contributed by atoms with E-state index in [0.29, 0.717) is 5.95 Å². The van der Waals surface area contributed by atoms with Gasteiger partial charge in [0.15, 0.2) is 0 Å². The Bertz CT molecular complexity index is 608. The maximum absolute atomic E-state index is 4.13. The normalized spacial score (nSPS) is 11.0. The van der Waals surface area contributed by atoms with Crippen LogP contribution in [0, 0.1) is 0 Å². The fourth-order valence-corrected chi connectivity index (χ4v) is 1.52. The Morgan fingerprint density at radius 3 is 3.00 bits per heavy atom. The van der Waals surface area contributed by atoms with Crippen molar-refractivity contribution in [2.45, 2.75) is 0 Å². The zero-order chi connectivity index (χ0) is 10.3. The topological polar surface area (TPSA) is 61.4 Å². The Labute approximate surface area is 85.2 Å². The molecule has 0 saturated heterocycles. The Morgan fingerprint density at radius 2 is 2.20 bits per heavy atom. The Kier molecular flexibility index (Phi) is 1.55. The Balaban J connectivity index is 2.27. The highest BCUT2D eigenvalue weighted by molar-refractivity contribution is 5.80. The highest BCUT2D eigenvalue weighted by atomic mass is 15.6. The van der Waals surface area contributed by atoms with Crippen molar-refractivity contribution in [2.75, 3.05) is 0 Å². The molecule has 3 aromatic rings. The van der Waals surface area contributed by atoms with Gasteiger partial charge in [-0.1, -0.05) is 5.10 Å². The van der Waals surface area contributed by atoms with E-state index in [1.165, 1.54) is 4.80 Å². The summed E-state index contributed by atoms with van der Waals surface area (Å²) in [6.07, 6.45) is 5.45. The average molecular weight is 200 g/mol. The minimum atomic E-state index is 0.556. The van der Waals surface area contributed by atoms with Crippen LogP contribution in [0.2, 0.25) is 0 Å². The third-order valence-corrected chi connectivity index (χ3v) is 2.21. The van der Waals surface area contributed by atoms with Gasteiger partial charge < -0.3 is 0 Å². The van der Waals surface area contributed by atoms with Crippen molar-refractivity contribution in [3.63, 3.8) is 0 Å². The summed E-state index contributed by atoms with van der Waals surface area (Å²) >= 11 is 0. The van der Waals surface area contributed by atoms with Crippen molar-refractivity contribution in [2.24, 2.45) is 7.05 Å². The SMILES string of the molecule is Cn1nnc(-n2ccc3ccncc32)n1. The Morgan fingerprint density at radius 1 is 1.27 bits per heavy atom. The molecule has 15 heavy (non-hydrogen) atoms. The first kappa shape index (κ1) is 8.10. The molecular formula is C9H8N6. The molecule has 0 aliphatic carbocycles. The van der Waals surface area contributed by atoms with Gasteiger partial charge in [0.05, 0.1) is 18.8 Å². The molecule has 3 rings (SSSR count). The second-order valence-electron chi connectivity index (χ2n) is 3.20. The van der Waals surface area contributed by atoms with E-state index in [1.807, 2.05) is 22.9 Å². The zero-order valence-corrected chi connectivity index (χ0v) is 8.07. The maximum Gasteiger partial charge on any atom is 0.274 e. The van der Waals surface area contributed by atoms with Gasteiger partial charge >= 0.3 is 0 Å². The van der Waals surface area contributed by atoms with E-state index in [1.54, 1.807) is 19.4 Å². The molecule has 0 spiro atoms. The molecule has 3 heterocycles. The van der Waals surface area contributed by atoms with Crippen LogP contribution in [0.25, 0.3) is 16.9 Å². The van der Waals surface area contributed by atoms with Gasteiger partial charge in [0, 0.05) is 17.8 Å². The second-order valence-corrected chi connectivity index (χ2v) is 3.20. The van der Waals surface area contributed by atoms with Gasteiger partial charge in [-0.3, -0.25) is 9.55 Å². The molecule has 6 nitrogen and oxygen atoms in total. The first-order chi connectivity index (χ1) is 7.34. The fraction of sp³-hybridized carbons (Fsp3) is 0.111. The van der Waals surface area contributed by atoms with Crippen molar-refractivity contribution in [1.29, 1.82) is 0 Å². The molecule has 74 valence electrons. The van der Waals surface area contributed by atoms with E-state index >= 15 is 0 Å². The smallest absolute Gasteiger partial charge is 0.274 e. The number of aromatic nitrogens is 6. The van der Waals surface area contributed by atoms with Crippen molar-refractivity contribution in [1.82, 2.24) is 29.8 Å². The monoisotopic (exact) mass is 200 g/mol.